The molecule has 1 N–H and O–H groups in total. The van der Waals surface area contributed by atoms with Crippen molar-refractivity contribution >= 4 is 31.8 Å². The lowest BCUT2D eigenvalue weighted by atomic mass is 10.0. The smallest absolute Gasteiger partial charge is 0.407 e. The van der Waals surface area contributed by atoms with Crippen molar-refractivity contribution in [2.75, 3.05) is 25.1 Å². The van der Waals surface area contributed by atoms with Gasteiger partial charge in [-0.1, -0.05) is 43.6 Å². The molecule has 0 saturated carbocycles. The van der Waals surface area contributed by atoms with Gasteiger partial charge in [0.2, 0.25) is 0 Å². The van der Waals surface area contributed by atoms with E-state index in [1.54, 1.807) is 12.1 Å². The molecule has 0 saturated heterocycles. The molecule has 4 heterocycles. The summed E-state index contributed by atoms with van der Waals surface area (Å²) in [4.78, 5) is 29.8. The molecule has 0 unspecified atom stereocenters. The third kappa shape index (κ3) is 7.29. The summed E-state index contributed by atoms with van der Waals surface area (Å²) in [5.74, 6) is 2.40. The zero-order chi connectivity index (χ0) is 34.3. The molecule has 3 aromatic heterocycles. The number of fused-ring (bicyclic) bond motifs is 1. The summed E-state index contributed by atoms with van der Waals surface area (Å²) < 4.78 is 18.4. The second kappa shape index (κ2) is 13.2. The van der Waals surface area contributed by atoms with Crippen LogP contribution in [0.2, 0.25) is 23.2 Å². The Kier molecular flexibility index (Phi) is 9.68. The molecule has 0 bridgehead atoms. The van der Waals surface area contributed by atoms with Gasteiger partial charge < -0.3 is 28.6 Å². The number of carboxylic acid groups (broad SMARTS) is 1. The van der Waals surface area contributed by atoms with Gasteiger partial charge in [-0.25, -0.2) is 14.8 Å². The first-order valence-electron chi connectivity index (χ1n) is 15.6. The third-order valence-corrected chi connectivity index (χ3v) is 13.9. The van der Waals surface area contributed by atoms with Crippen molar-refractivity contribution in [1.82, 2.24) is 25.0 Å². The number of aryl methyl sites for hydroxylation is 2. The van der Waals surface area contributed by atoms with Gasteiger partial charge in [0.05, 0.1) is 46.9 Å². The van der Waals surface area contributed by atoms with Crippen LogP contribution in [0.4, 0.5) is 10.6 Å². The fraction of sp³-hybridized carbons (Fsp3) is 0.441. The SMILES string of the molecule is Cc1noc(C)c1-c1nc(-c2cc(OC[C@@H](CN(C)C(=O)O)O[Si](C)(C)C(C)(C)C)ccc2Cl)nc(N2Cc3cccnc3C2)c1C. The standard InChI is InChI=1S/C34H43ClN6O5Si/c1-20-30(29-21(2)39-45-22(29)3)37-31(38-32(20)41-16-23-11-10-14-36-28(23)18-41)26-15-24(12-13-27(26)35)44-19-25(17-40(7)33(42)43)46-47(8,9)34(4,5)6/h10-15,25H,16-19H2,1-9H3,(H,42,43)/t25-/m1/s1. The van der Waals surface area contributed by atoms with Crippen molar-refractivity contribution in [3.63, 3.8) is 0 Å². The van der Waals surface area contributed by atoms with E-state index in [2.05, 4.69) is 55.0 Å². The number of ether oxygens (including phenoxy) is 1. The van der Waals surface area contributed by atoms with Crippen LogP contribution in [0, 0.1) is 20.8 Å². The number of halogens is 1. The lowest BCUT2D eigenvalue weighted by Crippen LogP contribution is -2.49. The number of anilines is 1. The monoisotopic (exact) mass is 678 g/mol. The van der Waals surface area contributed by atoms with E-state index in [1.165, 1.54) is 11.9 Å². The van der Waals surface area contributed by atoms with Crippen LogP contribution in [0.3, 0.4) is 0 Å². The number of pyridine rings is 1. The molecule has 11 nitrogen and oxygen atoms in total. The normalized spacial score (nSPS) is 13.9. The highest BCUT2D eigenvalue weighted by molar-refractivity contribution is 6.74. The van der Waals surface area contributed by atoms with Crippen LogP contribution in [-0.4, -0.2) is 70.8 Å². The molecule has 5 rings (SSSR count). The Morgan fingerprint density at radius 3 is 2.55 bits per heavy atom. The highest BCUT2D eigenvalue weighted by Crippen LogP contribution is 2.40. The van der Waals surface area contributed by atoms with Gasteiger partial charge in [0, 0.05) is 30.9 Å². The van der Waals surface area contributed by atoms with Crippen LogP contribution < -0.4 is 9.64 Å². The van der Waals surface area contributed by atoms with E-state index in [1.807, 2.05) is 39.1 Å². The fourth-order valence-corrected chi connectivity index (χ4v) is 6.93. The van der Waals surface area contributed by atoms with Crippen LogP contribution in [0.1, 0.15) is 49.0 Å². The number of likely N-dealkylation sites (N-methyl/N-ethyl adjacent to an activating group) is 1. The Hall–Kier alpha value is -4.00. The molecule has 1 aliphatic rings. The molecule has 1 aromatic carbocycles. The van der Waals surface area contributed by atoms with Gasteiger partial charge in [0.15, 0.2) is 14.1 Å². The van der Waals surface area contributed by atoms with Crippen molar-refractivity contribution in [1.29, 1.82) is 0 Å². The lowest BCUT2D eigenvalue weighted by Gasteiger charge is -2.39. The molecule has 0 fully saturated rings. The predicted octanol–water partition coefficient (Wildman–Crippen LogP) is 7.67. The molecule has 1 amide bonds. The van der Waals surface area contributed by atoms with Crippen LogP contribution >= 0.6 is 11.6 Å². The average Bonchev–Trinajstić information content (AvgIpc) is 3.58. The van der Waals surface area contributed by atoms with Crippen molar-refractivity contribution in [3.8, 4) is 28.4 Å². The summed E-state index contributed by atoms with van der Waals surface area (Å²) in [6.07, 6.45) is 0.304. The average molecular weight is 679 g/mol. The Bertz CT molecular complexity index is 1740. The van der Waals surface area contributed by atoms with Gasteiger partial charge in [-0.3, -0.25) is 4.98 Å². The first-order valence-corrected chi connectivity index (χ1v) is 18.9. The molecule has 0 aliphatic carbocycles. The maximum absolute atomic E-state index is 11.7. The fourth-order valence-electron chi connectivity index (χ4n) is 5.40. The summed E-state index contributed by atoms with van der Waals surface area (Å²) in [7, 11) is -0.703. The first kappa shape index (κ1) is 34.3. The number of rotatable bonds is 10. The quantitative estimate of drug-likeness (QED) is 0.167. The molecular weight excluding hydrogens is 636 g/mol. The summed E-state index contributed by atoms with van der Waals surface area (Å²) in [5, 5.41) is 14.1. The zero-order valence-corrected chi connectivity index (χ0v) is 30.3. The number of hydrogen-bond donors (Lipinski definition) is 1. The minimum atomic E-state index is -2.23. The van der Waals surface area contributed by atoms with Gasteiger partial charge in [-0.15, -0.1) is 0 Å². The second-order valence-corrected chi connectivity index (χ2v) is 18.8. The summed E-state index contributed by atoms with van der Waals surface area (Å²) >= 11 is 6.82. The van der Waals surface area contributed by atoms with Crippen LogP contribution in [0.5, 0.6) is 5.75 Å². The largest absolute Gasteiger partial charge is 0.491 e. The Morgan fingerprint density at radius 2 is 1.91 bits per heavy atom. The number of amides is 1. The minimum absolute atomic E-state index is 0.0628. The third-order valence-electron chi connectivity index (χ3n) is 9.06. The van der Waals surface area contributed by atoms with Gasteiger partial charge in [0.1, 0.15) is 23.9 Å². The minimum Gasteiger partial charge on any atom is -0.491 e. The molecule has 47 heavy (non-hydrogen) atoms. The highest BCUT2D eigenvalue weighted by Gasteiger charge is 2.40. The van der Waals surface area contributed by atoms with Gasteiger partial charge in [-0.2, -0.15) is 0 Å². The molecular formula is C34H43ClN6O5Si. The molecule has 0 radical (unpaired) electrons. The zero-order valence-electron chi connectivity index (χ0n) is 28.5. The van der Waals surface area contributed by atoms with E-state index < -0.39 is 20.5 Å². The van der Waals surface area contributed by atoms with E-state index in [9.17, 15) is 9.90 Å². The maximum atomic E-state index is 11.7. The van der Waals surface area contributed by atoms with Crippen molar-refractivity contribution in [2.45, 2.75) is 78.9 Å². The van der Waals surface area contributed by atoms with E-state index >= 15 is 0 Å². The summed E-state index contributed by atoms with van der Waals surface area (Å²) in [6, 6.07) is 9.39. The van der Waals surface area contributed by atoms with Crippen LogP contribution in [-0.2, 0) is 17.5 Å². The molecule has 250 valence electrons. The molecule has 4 aromatic rings. The highest BCUT2D eigenvalue weighted by atomic mass is 35.5. The Labute approximate surface area is 282 Å². The maximum Gasteiger partial charge on any atom is 0.407 e. The number of carbonyl (C=O) groups is 1. The summed E-state index contributed by atoms with van der Waals surface area (Å²) in [5.41, 5.74) is 5.93. The molecule has 1 aliphatic heterocycles. The summed E-state index contributed by atoms with van der Waals surface area (Å²) in [6.45, 7) is 18.1. The predicted molar refractivity (Wildman–Crippen MR) is 185 cm³/mol. The Balaban J connectivity index is 1.51. The van der Waals surface area contributed by atoms with Crippen molar-refractivity contribution in [2.24, 2.45) is 0 Å². The van der Waals surface area contributed by atoms with E-state index in [-0.39, 0.29) is 18.2 Å². The number of hydrogen-bond acceptors (Lipinski definition) is 9. The van der Waals surface area contributed by atoms with E-state index in [0.29, 0.717) is 46.7 Å². The van der Waals surface area contributed by atoms with Gasteiger partial charge in [-0.05, 0) is 68.7 Å². The van der Waals surface area contributed by atoms with E-state index in [0.717, 1.165) is 33.9 Å². The molecule has 13 heteroatoms. The topological polar surface area (TPSA) is 127 Å². The first-order chi connectivity index (χ1) is 22.1. The van der Waals surface area contributed by atoms with Crippen LogP contribution in [0.15, 0.2) is 41.1 Å². The van der Waals surface area contributed by atoms with Crippen molar-refractivity contribution < 1.29 is 23.6 Å². The molecule has 1 atom stereocenters. The van der Waals surface area contributed by atoms with Crippen molar-refractivity contribution in [3.05, 3.63) is 69.8 Å². The van der Waals surface area contributed by atoms with Crippen LogP contribution in [0.25, 0.3) is 22.6 Å². The number of aromatic nitrogens is 4. The Morgan fingerprint density at radius 1 is 1.17 bits per heavy atom. The molecule has 0 spiro atoms. The number of nitrogens with zero attached hydrogens (tertiary/aromatic N) is 6. The second-order valence-electron chi connectivity index (χ2n) is 13.6. The van der Waals surface area contributed by atoms with Gasteiger partial charge in [0.25, 0.3) is 0 Å². The lowest BCUT2D eigenvalue weighted by molar-refractivity contribution is 0.0794. The number of benzene rings is 1. The van der Waals surface area contributed by atoms with Gasteiger partial charge >= 0.3 is 6.09 Å². The van der Waals surface area contributed by atoms with E-state index in [4.69, 9.17) is 35.3 Å².